The number of rotatable bonds is 2. The van der Waals surface area contributed by atoms with Crippen molar-refractivity contribution in [2.45, 2.75) is 6.54 Å². The number of benzene rings is 2. The summed E-state index contributed by atoms with van der Waals surface area (Å²) in [5.74, 6) is 0. The van der Waals surface area contributed by atoms with Crippen molar-refractivity contribution in [2.75, 3.05) is 5.73 Å². The van der Waals surface area contributed by atoms with Gasteiger partial charge in [-0.25, -0.2) is 0 Å². The molecule has 3 rings (SSSR count). The molecule has 3 heteroatoms. The third kappa shape index (κ3) is 2.10. The Morgan fingerprint density at radius 2 is 1.68 bits per heavy atom. The maximum atomic E-state index is 11.8. The van der Waals surface area contributed by atoms with Gasteiger partial charge in [-0.2, -0.15) is 0 Å². The Bertz CT molecular complexity index is 790. The lowest BCUT2D eigenvalue weighted by Gasteiger charge is -2.12. The smallest absolute Gasteiger partial charge is 0.189 e. The Kier molecular flexibility index (Phi) is 2.80. The van der Waals surface area contributed by atoms with Gasteiger partial charge in [-0.05, 0) is 23.8 Å². The number of pyridine rings is 1. The zero-order valence-corrected chi connectivity index (χ0v) is 10.4. The summed E-state index contributed by atoms with van der Waals surface area (Å²) in [6, 6.07) is 17.0. The van der Waals surface area contributed by atoms with Gasteiger partial charge in [0.15, 0.2) is 5.43 Å². The molecule has 0 saturated heterocycles. The van der Waals surface area contributed by atoms with Crippen LogP contribution in [-0.2, 0) is 6.54 Å². The summed E-state index contributed by atoms with van der Waals surface area (Å²) in [4.78, 5) is 11.8. The van der Waals surface area contributed by atoms with Crippen molar-refractivity contribution in [1.29, 1.82) is 0 Å². The average molecular weight is 250 g/mol. The van der Waals surface area contributed by atoms with Crippen LogP contribution in [0.25, 0.3) is 10.9 Å². The van der Waals surface area contributed by atoms with E-state index < -0.39 is 0 Å². The van der Waals surface area contributed by atoms with Gasteiger partial charge >= 0.3 is 0 Å². The molecule has 19 heavy (non-hydrogen) atoms. The van der Waals surface area contributed by atoms with Crippen LogP contribution in [0.1, 0.15) is 5.56 Å². The van der Waals surface area contributed by atoms with Gasteiger partial charge in [0, 0.05) is 29.9 Å². The molecule has 0 fully saturated rings. The maximum Gasteiger partial charge on any atom is 0.189 e. The fourth-order valence-electron chi connectivity index (χ4n) is 2.26. The van der Waals surface area contributed by atoms with Crippen LogP contribution in [0.2, 0.25) is 0 Å². The molecule has 2 N–H and O–H groups in total. The highest BCUT2D eigenvalue weighted by Crippen LogP contribution is 2.16. The van der Waals surface area contributed by atoms with E-state index in [1.807, 2.05) is 59.3 Å². The molecule has 0 saturated carbocycles. The highest BCUT2D eigenvalue weighted by Gasteiger charge is 2.04. The Balaban J connectivity index is 2.14. The van der Waals surface area contributed by atoms with Gasteiger partial charge in [-0.15, -0.1) is 0 Å². The third-order valence-corrected chi connectivity index (χ3v) is 3.28. The van der Waals surface area contributed by atoms with E-state index in [0.717, 1.165) is 22.2 Å². The highest BCUT2D eigenvalue weighted by atomic mass is 16.1. The number of nitrogens with zero attached hydrogens (tertiary/aromatic N) is 1. The monoisotopic (exact) mass is 250 g/mol. The van der Waals surface area contributed by atoms with Gasteiger partial charge in [0.05, 0.1) is 5.52 Å². The minimum Gasteiger partial charge on any atom is -0.398 e. The van der Waals surface area contributed by atoms with Crippen molar-refractivity contribution in [3.63, 3.8) is 0 Å². The lowest BCUT2D eigenvalue weighted by atomic mass is 10.1. The van der Waals surface area contributed by atoms with Crippen LogP contribution >= 0.6 is 0 Å². The van der Waals surface area contributed by atoms with Gasteiger partial charge in [0.25, 0.3) is 0 Å². The summed E-state index contributed by atoms with van der Waals surface area (Å²) in [5.41, 5.74) is 8.77. The minimum atomic E-state index is 0.0490. The van der Waals surface area contributed by atoms with Crippen molar-refractivity contribution in [1.82, 2.24) is 4.57 Å². The zero-order chi connectivity index (χ0) is 13.2. The highest BCUT2D eigenvalue weighted by molar-refractivity contribution is 5.78. The molecular formula is C16H14N2O. The van der Waals surface area contributed by atoms with Crippen molar-refractivity contribution >= 4 is 16.6 Å². The summed E-state index contributed by atoms with van der Waals surface area (Å²) in [6.45, 7) is 0.660. The van der Waals surface area contributed by atoms with Gasteiger partial charge in [0.1, 0.15) is 0 Å². The standard InChI is InChI=1S/C16H14N2O/c17-14-7-3-1-5-12(14)11-18-10-9-16(19)13-6-2-4-8-15(13)18/h1-10H,11,17H2. The van der Waals surface area contributed by atoms with Crippen molar-refractivity contribution in [3.05, 3.63) is 76.6 Å². The number of anilines is 1. The molecule has 0 bridgehead atoms. The van der Waals surface area contributed by atoms with Crippen molar-refractivity contribution in [3.8, 4) is 0 Å². The molecule has 1 aromatic heterocycles. The van der Waals surface area contributed by atoms with E-state index in [0.29, 0.717) is 6.54 Å². The predicted molar refractivity (Wildman–Crippen MR) is 78.2 cm³/mol. The maximum absolute atomic E-state index is 11.8. The number of nitrogens with two attached hydrogens (primary N) is 1. The van der Waals surface area contributed by atoms with Gasteiger partial charge in [-0.3, -0.25) is 4.79 Å². The molecule has 2 aromatic carbocycles. The van der Waals surface area contributed by atoms with Gasteiger partial charge in [-0.1, -0.05) is 30.3 Å². The first kappa shape index (κ1) is 11.5. The van der Waals surface area contributed by atoms with Crippen LogP contribution < -0.4 is 11.2 Å². The number of hydrogen-bond donors (Lipinski definition) is 1. The van der Waals surface area contributed by atoms with Crippen LogP contribution in [0.3, 0.4) is 0 Å². The minimum absolute atomic E-state index is 0.0490. The molecule has 0 aliphatic heterocycles. The molecule has 0 atom stereocenters. The normalized spacial score (nSPS) is 10.7. The second-order valence-corrected chi connectivity index (χ2v) is 4.52. The SMILES string of the molecule is Nc1ccccc1Cn1ccc(=O)c2ccccc21. The first-order valence-corrected chi connectivity index (χ1v) is 6.17. The van der Waals surface area contributed by atoms with Crippen molar-refractivity contribution in [2.24, 2.45) is 0 Å². The quantitative estimate of drug-likeness (QED) is 0.711. The predicted octanol–water partition coefficient (Wildman–Crippen LogP) is 2.63. The number of aromatic nitrogens is 1. The summed E-state index contributed by atoms with van der Waals surface area (Å²) in [5, 5.41) is 0.736. The number of fused-ring (bicyclic) bond motifs is 1. The van der Waals surface area contributed by atoms with Crippen molar-refractivity contribution < 1.29 is 0 Å². The van der Waals surface area contributed by atoms with E-state index in [1.165, 1.54) is 0 Å². The summed E-state index contributed by atoms with van der Waals surface area (Å²) >= 11 is 0. The number of para-hydroxylation sites is 2. The van der Waals surface area contributed by atoms with Crippen LogP contribution in [0.5, 0.6) is 0 Å². The molecular weight excluding hydrogens is 236 g/mol. The molecule has 0 unspecified atom stereocenters. The van der Waals surface area contributed by atoms with E-state index in [2.05, 4.69) is 0 Å². The second kappa shape index (κ2) is 4.61. The summed E-state index contributed by atoms with van der Waals surface area (Å²) in [6.07, 6.45) is 1.82. The third-order valence-electron chi connectivity index (χ3n) is 3.28. The van der Waals surface area contributed by atoms with E-state index in [1.54, 1.807) is 6.07 Å². The summed E-state index contributed by atoms with van der Waals surface area (Å²) in [7, 11) is 0. The van der Waals surface area contributed by atoms with E-state index in [4.69, 9.17) is 5.73 Å². The average Bonchev–Trinajstić information content (AvgIpc) is 2.44. The zero-order valence-electron chi connectivity index (χ0n) is 10.4. The first-order chi connectivity index (χ1) is 9.25. The van der Waals surface area contributed by atoms with Crippen LogP contribution in [0, 0.1) is 0 Å². The number of hydrogen-bond acceptors (Lipinski definition) is 2. The van der Waals surface area contributed by atoms with Gasteiger partial charge in [0.2, 0.25) is 0 Å². The molecule has 0 aliphatic rings. The summed E-state index contributed by atoms with van der Waals surface area (Å²) < 4.78 is 2.04. The Hall–Kier alpha value is -2.55. The lowest BCUT2D eigenvalue weighted by molar-refractivity contribution is 0.828. The van der Waals surface area contributed by atoms with E-state index in [-0.39, 0.29) is 5.43 Å². The number of nitrogen functional groups attached to an aromatic ring is 1. The van der Waals surface area contributed by atoms with E-state index >= 15 is 0 Å². The van der Waals surface area contributed by atoms with Gasteiger partial charge < -0.3 is 10.3 Å². The molecule has 94 valence electrons. The van der Waals surface area contributed by atoms with Crippen LogP contribution in [0.15, 0.2) is 65.6 Å². The van der Waals surface area contributed by atoms with Crippen LogP contribution in [0.4, 0.5) is 5.69 Å². The molecule has 3 aromatic rings. The van der Waals surface area contributed by atoms with E-state index in [9.17, 15) is 4.79 Å². The molecule has 0 spiro atoms. The fraction of sp³-hybridized carbons (Fsp3) is 0.0625. The van der Waals surface area contributed by atoms with Crippen LogP contribution in [-0.4, -0.2) is 4.57 Å². The first-order valence-electron chi connectivity index (χ1n) is 6.17. The Morgan fingerprint density at radius 1 is 0.947 bits per heavy atom. The molecule has 1 heterocycles. The fourth-order valence-corrected chi connectivity index (χ4v) is 2.26. The molecule has 3 nitrogen and oxygen atoms in total. The molecule has 0 aliphatic carbocycles. The molecule has 0 radical (unpaired) electrons. The second-order valence-electron chi connectivity index (χ2n) is 4.52. The lowest BCUT2D eigenvalue weighted by Crippen LogP contribution is -2.09. The largest absolute Gasteiger partial charge is 0.398 e. The molecule has 0 amide bonds. The Morgan fingerprint density at radius 3 is 2.53 bits per heavy atom. The Labute approximate surface area is 110 Å². The topological polar surface area (TPSA) is 48.0 Å².